The summed E-state index contributed by atoms with van der Waals surface area (Å²) in [6, 6.07) is 9.11. The fourth-order valence-electron chi connectivity index (χ4n) is 4.34. The molecule has 0 aromatic heterocycles. The molecule has 4 rings (SSSR count). The molecule has 1 heterocycles. The normalized spacial score (nSPS) is 25.8. The molecular formula is C23H30N2O. The Morgan fingerprint density at radius 3 is 2.88 bits per heavy atom. The summed E-state index contributed by atoms with van der Waals surface area (Å²) in [6.45, 7) is 5.22. The van der Waals surface area contributed by atoms with Crippen LogP contribution in [-0.4, -0.2) is 18.8 Å². The summed E-state index contributed by atoms with van der Waals surface area (Å²) in [7, 11) is 0. The van der Waals surface area contributed by atoms with Crippen molar-refractivity contribution in [1.82, 2.24) is 0 Å². The van der Waals surface area contributed by atoms with Gasteiger partial charge in [-0.2, -0.15) is 0 Å². The van der Waals surface area contributed by atoms with Crippen LogP contribution in [0.2, 0.25) is 0 Å². The van der Waals surface area contributed by atoms with E-state index in [0.29, 0.717) is 18.6 Å². The molecule has 0 bridgehead atoms. The molecule has 3 aliphatic rings. The zero-order valence-corrected chi connectivity index (χ0v) is 15.9. The van der Waals surface area contributed by atoms with Crippen LogP contribution in [0.4, 0.5) is 11.4 Å². The van der Waals surface area contributed by atoms with Gasteiger partial charge in [-0.15, -0.1) is 0 Å². The van der Waals surface area contributed by atoms with Crippen LogP contribution in [0.15, 0.2) is 59.9 Å². The minimum atomic E-state index is 0.186. The fourth-order valence-corrected chi connectivity index (χ4v) is 4.34. The van der Waals surface area contributed by atoms with E-state index in [1.165, 1.54) is 36.2 Å². The minimum Gasteiger partial charge on any atom is -0.494 e. The van der Waals surface area contributed by atoms with Gasteiger partial charge in [-0.3, -0.25) is 0 Å². The summed E-state index contributed by atoms with van der Waals surface area (Å²) in [5, 5.41) is 3.69. The van der Waals surface area contributed by atoms with Crippen molar-refractivity contribution in [1.29, 1.82) is 0 Å². The number of anilines is 2. The van der Waals surface area contributed by atoms with Gasteiger partial charge >= 0.3 is 0 Å². The maximum atomic E-state index is 6.21. The van der Waals surface area contributed by atoms with Gasteiger partial charge in [0.25, 0.3) is 0 Å². The number of hydrogen-bond donors (Lipinski definition) is 1. The highest BCUT2D eigenvalue weighted by Gasteiger charge is 2.35. The van der Waals surface area contributed by atoms with Gasteiger partial charge in [-0.1, -0.05) is 35.9 Å². The molecular weight excluding hydrogens is 320 g/mol. The summed E-state index contributed by atoms with van der Waals surface area (Å²) in [5.74, 6) is 1.72. The molecule has 2 aliphatic carbocycles. The molecule has 1 aromatic rings. The Morgan fingerprint density at radius 2 is 2.12 bits per heavy atom. The van der Waals surface area contributed by atoms with Crippen molar-refractivity contribution in [3.05, 3.63) is 59.9 Å². The third kappa shape index (κ3) is 3.53. The Kier molecular flexibility index (Phi) is 5.05. The fraction of sp³-hybridized carbons (Fsp3) is 0.478. The second-order valence-corrected chi connectivity index (χ2v) is 7.81. The van der Waals surface area contributed by atoms with Crippen molar-refractivity contribution in [3.8, 4) is 0 Å². The summed E-state index contributed by atoms with van der Waals surface area (Å²) < 4.78 is 6.21. The van der Waals surface area contributed by atoms with Crippen LogP contribution in [0.25, 0.3) is 0 Å². The zero-order chi connectivity index (χ0) is 17.9. The average molecular weight is 351 g/mol. The standard InChI is InChI=1S/C23H30N2O/c1-17-12-14-20(15-13-17)26-16-23-24-21-10-6-7-11-22(21)25(23)18(2)19-8-4-3-5-9-19/h4,6-8,10-12,14,18-19,23-24H,3,5,9,13,15-16H2,1-2H3. The monoisotopic (exact) mass is 350 g/mol. The molecule has 0 spiro atoms. The molecule has 0 saturated carbocycles. The van der Waals surface area contributed by atoms with E-state index in [1.54, 1.807) is 0 Å². The molecule has 1 aromatic carbocycles. The number of ether oxygens (including phenoxy) is 1. The average Bonchev–Trinajstić information content (AvgIpc) is 3.06. The van der Waals surface area contributed by atoms with E-state index in [0.717, 1.165) is 18.6 Å². The van der Waals surface area contributed by atoms with Gasteiger partial charge in [0.2, 0.25) is 0 Å². The van der Waals surface area contributed by atoms with E-state index in [2.05, 4.69) is 72.6 Å². The first-order chi connectivity index (χ1) is 12.7. The largest absolute Gasteiger partial charge is 0.494 e. The number of nitrogens with one attached hydrogen (secondary N) is 1. The zero-order valence-electron chi connectivity index (χ0n) is 15.9. The maximum absolute atomic E-state index is 6.21. The highest BCUT2D eigenvalue weighted by molar-refractivity contribution is 5.76. The number of nitrogens with zero attached hydrogens (tertiary/aromatic N) is 1. The van der Waals surface area contributed by atoms with Crippen molar-refractivity contribution in [2.24, 2.45) is 5.92 Å². The van der Waals surface area contributed by atoms with Gasteiger partial charge in [0.1, 0.15) is 12.8 Å². The van der Waals surface area contributed by atoms with Gasteiger partial charge < -0.3 is 15.0 Å². The molecule has 3 nitrogen and oxygen atoms in total. The number of benzene rings is 1. The predicted molar refractivity (Wildman–Crippen MR) is 109 cm³/mol. The first-order valence-electron chi connectivity index (χ1n) is 10.0. The minimum absolute atomic E-state index is 0.186. The first kappa shape index (κ1) is 17.3. The lowest BCUT2D eigenvalue weighted by molar-refractivity contribution is 0.184. The van der Waals surface area contributed by atoms with Crippen LogP contribution < -0.4 is 10.2 Å². The molecule has 26 heavy (non-hydrogen) atoms. The van der Waals surface area contributed by atoms with Crippen LogP contribution in [0, 0.1) is 5.92 Å². The molecule has 1 N–H and O–H groups in total. The lowest BCUT2D eigenvalue weighted by Crippen LogP contribution is -2.47. The van der Waals surface area contributed by atoms with Gasteiger partial charge in [-0.05, 0) is 63.7 Å². The highest BCUT2D eigenvalue weighted by atomic mass is 16.5. The second kappa shape index (κ2) is 7.61. The topological polar surface area (TPSA) is 24.5 Å². The third-order valence-electron chi connectivity index (χ3n) is 5.94. The van der Waals surface area contributed by atoms with Crippen molar-refractivity contribution in [3.63, 3.8) is 0 Å². The quantitative estimate of drug-likeness (QED) is 0.697. The third-order valence-corrected chi connectivity index (χ3v) is 5.94. The Hall–Kier alpha value is -2.16. The molecule has 3 atom stereocenters. The molecule has 0 saturated heterocycles. The van der Waals surface area contributed by atoms with Gasteiger partial charge in [0, 0.05) is 12.5 Å². The van der Waals surface area contributed by atoms with Crippen LogP contribution in [0.5, 0.6) is 0 Å². The van der Waals surface area contributed by atoms with Crippen molar-refractivity contribution in [2.45, 2.75) is 58.2 Å². The Balaban J connectivity index is 1.51. The van der Waals surface area contributed by atoms with Crippen LogP contribution in [0.3, 0.4) is 0 Å². The summed E-state index contributed by atoms with van der Waals surface area (Å²) in [4.78, 5) is 2.54. The Labute approximate surface area is 157 Å². The molecule has 138 valence electrons. The number of fused-ring (bicyclic) bond motifs is 1. The van der Waals surface area contributed by atoms with Gasteiger partial charge in [-0.25, -0.2) is 0 Å². The van der Waals surface area contributed by atoms with Crippen LogP contribution in [0.1, 0.15) is 46.0 Å². The Bertz CT molecular complexity index is 733. The van der Waals surface area contributed by atoms with Gasteiger partial charge in [0.05, 0.1) is 17.1 Å². The smallest absolute Gasteiger partial charge is 0.134 e. The molecule has 0 amide bonds. The van der Waals surface area contributed by atoms with E-state index >= 15 is 0 Å². The van der Waals surface area contributed by atoms with E-state index in [4.69, 9.17) is 4.74 Å². The molecule has 3 unspecified atom stereocenters. The lowest BCUT2D eigenvalue weighted by Gasteiger charge is -2.37. The molecule has 0 radical (unpaired) electrons. The number of hydrogen-bond acceptors (Lipinski definition) is 3. The van der Waals surface area contributed by atoms with E-state index in [1.807, 2.05) is 0 Å². The number of para-hydroxylation sites is 2. The second-order valence-electron chi connectivity index (χ2n) is 7.81. The predicted octanol–water partition coefficient (Wildman–Crippen LogP) is 5.63. The van der Waals surface area contributed by atoms with Crippen molar-refractivity contribution >= 4 is 11.4 Å². The summed E-state index contributed by atoms with van der Waals surface area (Å²) >= 11 is 0. The van der Waals surface area contributed by atoms with E-state index in [-0.39, 0.29) is 6.17 Å². The number of rotatable bonds is 5. The van der Waals surface area contributed by atoms with E-state index in [9.17, 15) is 0 Å². The molecule has 0 fully saturated rings. The summed E-state index contributed by atoms with van der Waals surface area (Å²) in [5.41, 5.74) is 3.96. The number of allylic oxidation sites excluding steroid dienone is 5. The molecule has 3 heteroatoms. The van der Waals surface area contributed by atoms with Crippen molar-refractivity contribution < 1.29 is 4.74 Å². The first-order valence-corrected chi connectivity index (χ1v) is 10.0. The molecule has 1 aliphatic heterocycles. The lowest BCUT2D eigenvalue weighted by atomic mass is 9.89. The van der Waals surface area contributed by atoms with Crippen LogP contribution in [-0.2, 0) is 4.74 Å². The van der Waals surface area contributed by atoms with E-state index < -0.39 is 0 Å². The Morgan fingerprint density at radius 1 is 1.23 bits per heavy atom. The summed E-state index contributed by atoms with van der Waals surface area (Å²) in [6.07, 6.45) is 15.2. The maximum Gasteiger partial charge on any atom is 0.134 e. The van der Waals surface area contributed by atoms with Crippen LogP contribution >= 0.6 is 0 Å². The SMILES string of the molecule is CC1=CC=C(OCC2Nc3ccccc3N2C(C)C2C=CCCC2)CC1. The van der Waals surface area contributed by atoms with Crippen molar-refractivity contribution in [2.75, 3.05) is 16.8 Å². The van der Waals surface area contributed by atoms with Gasteiger partial charge in [0.15, 0.2) is 0 Å². The highest BCUT2D eigenvalue weighted by Crippen LogP contribution is 2.39.